The van der Waals surface area contributed by atoms with E-state index in [2.05, 4.69) is 22.1 Å². The molecule has 2 aromatic rings. The van der Waals surface area contributed by atoms with Gasteiger partial charge in [-0.3, -0.25) is 0 Å². The van der Waals surface area contributed by atoms with Crippen molar-refractivity contribution in [1.82, 2.24) is 9.97 Å². The van der Waals surface area contributed by atoms with E-state index in [1.807, 2.05) is 30.5 Å². The fraction of sp³-hybridized carbons (Fsp3) is 0.474. The topological polar surface area (TPSA) is 59.5 Å². The number of nitrogens with one attached hydrogen (secondary N) is 1. The average molecular weight is 340 g/mol. The molecule has 4 rings (SSSR count). The molecule has 1 atom stereocenters. The molecular formula is C19H24N4O2. The molecule has 0 aliphatic carbocycles. The molecule has 1 aromatic carbocycles. The Morgan fingerprint density at radius 2 is 2.12 bits per heavy atom. The van der Waals surface area contributed by atoms with E-state index in [1.54, 1.807) is 0 Å². The first kappa shape index (κ1) is 16.0. The van der Waals surface area contributed by atoms with Crippen LogP contribution in [-0.4, -0.2) is 29.3 Å². The fourth-order valence-corrected chi connectivity index (χ4v) is 3.55. The van der Waals surface area contributed by atoms with Crippen molar-refractivity contribution in [3.05, 3.63) is 36.0 Å². The van der Waals surface area contributed by atoms with Gasteiger partial charge in [0, 0.05) is 25.3 Å². The Labute approximate surface area is 148 Å². The highest BCUT2D eigenvalue weighted by molar-refractivity contribution is 5.47. The largest absolute Gasteiger partial charge is 0.454 e. The molecule has 1 N–H and O–H groups in total. The number of nitrogens with zero attached hydrogens (tertiary/aromatic N) is 3. The molecule has 3 heterocycles. The van der Waals surface area contributed by atoms with Crippen LogP contribution in [0.2, 0.25) is 0 Å². The first-order chi connectivity index (χ1) is 12.3. The average Bonchev–Trinajstić information content (AvgIpc) is 3.14. The van der Waals surface area contributed by atoms with Crippen molar-refractivity contribution in [3.63, 3.8) is 0 Å². The number of aromatic nitrogens is 2. The highest BCUT2D eigenvalue weighted by atomic mass is 16.7. The minimum atomic E-state index is 0.297. The summed E-state index contributed by atoms with van der Waals surface area (Å²) in [5.74, 6) is 3.29. The summed E-state index contributed by atoms with van der Waals surface area (Å²) in [5.41, 5.74) is 1.11. The van der Waals surface area contributed by atoms with Gasteiger partial charge in [0.15, 0.2) is 11.5 Å². The van der Waals surface area contributed by atoms with E-state index >= 15 is 0 Å². The maximum atomic E-state index is 5.43. The molecule has 1 fully saturated rings. The van der Waals surface area contributed by atoms with Gasteiger partial charge in [-0.05, 0) is 49.4 Å². The molecular weight excluding hydrogens is 316 g/mol. The lowest BCUT2D eigenvalue weighted by atomic mass is 10.0. The highest BCUT2D eigenvalue weighted by Crippen LogP contribution is 2.32. The van der Waals surface area contributed by atoms with Gasteiger partial charge in [-0.2, -0.15) is 4.98 Å². The molecule has 25 heavy (non-hydrogen) atoms. The van der Waals surface area contributed by atoms with Crippen molar-refractivity contribution in [1.29, 1.82) is 0 Å². The quantitative estimate of drug-likeness (QED) is 0.898. The lowest BCUT2D eigenvalue weighted by Gasteiger charge is -2.36. The summed E-state index contributed by atoms with van der Waals surface area (Å²) in [6, 6.07) is 8.57. The van der Waals surface area contributed by atoms with Crippen LogP contribution in [0.5, 0.6) is 11.5 Å². The highest BCUT2D eigenvalue weighted by Gasteiger charge is 2.22. The monoisotopic (exact) mass is 340 g/mol. The molecule has 132 valence electrons. The molecule has 0 radical (unpaired) electrons. The van der Waals surface area contributed by atoms with Gasteiger partial charge in [0.1, 0.15) is 5.82 Å². The number of piperidine rings is 1. The molecule has 6 heteroatoms. The van der Waals surface area contributed by atoms with Crippen molar-refractivity contribution >= 4 is 11.8 Å². The van der Waals surface area contributed by atoms with Crippen molar-refractivity contribution in [2.75, 3.05) is 23.6 Å². The van der Waals surface area contributed by atoms with Gasteiger partial charge >= 0.3 is 0 Å². The minimum absolute atomic E-state index is 0.297. The predicted molar refractivity (Wildman–Crippen MR) is 97.2 cm³/mol. The van der Waals surface area contributed by atoms with Crippen LogP contribution in [0.4, 0.5) is 11.8 Å². The third-order valence-corrected chi connectivity index (χ3v) is 4.92. The lowest BCUT2D eigenvalue weighted by Crippen LogP contribution is -2.39. The molecule has 0 amide bonds. The maximum absolute atomic E-state index is 5.43. The normalized spacial score (nSPS) is 19.1. The molecule has 2 aliphatic heterocycles. The summed E-state index contributed by atoms with van der Waals surface area (Å²) in [6.07, 6.45) is 6.80. The standard InChI is InChI=1S/C19H24N4O2/c1-2-15-5-3-4-10-23(15)18-8-9-20-19(22-18)21-12-14-6-7-16-17(11-14)25-13-24-16/h6-9,11,15H,2-5,10,12-13H2,1H3,(H,20,21,22). The molecule has 1 saturated heterocycles. The van der Waals surface area contributed by atoms with E-state index < -0.39 is 0 Å². The molecule has 6 nitrogen and oxygen atoms in total. The summed E-state index contributed by atoms with van der Waals surface area (Å²) in [7, 11) is 0. The third-order valence-electron chi connectivity index (χ3n) is 4.92. The summed E-state index contributed by atoms with van der Waals surface area (Å²) < 4.78 is 10.8. The lowest BCUT2D eigenvalue weighted by molar-refractivity contribution is 0.174. The predicted octanol–water partition coefficient (Wildman–Crippen LogP) is 3.59. The number of ether oxygens (including phenoxy) is 2. The number of benzene rings is 1. The Kier molecular flexibility index (Phi) is 4.59. The van der Waals surface area contributed by atoms with E-state index in [-0.39, 0.29) is 0 Å². The van der Waals surface area contributed by atoms with Crippen molar-refractivity contribution in [3.8, 4) is 11.5 Å². The van der Waals surface area contributed by atoms with Crippen LogP contribution in [0.15, 0.2) is 30.5 Å². The summed E-state index contributed by atoms with van der Waals surface area (Å²) in [5, 5.41) is 3.32. The first-order valence-corrected chi connectivity index (χ1v) is 9.05. The summed E-state index contributed by atoms with van der Waals surface area (Å²) in [6.45, 7) is 4.28. The number of hydrogen-bond donors (Lipinski definition) is 1. The Morgan fingerprint density at radius 1 is 1.20 bits per heavy atom. The Morgan fingerprint density at radius 3 is 3.04 bits per heavy atom. The van der Waals surface area contributed by atoms with Crippen LogP contribution in [-0.2, 0) is 6.54 Å². The van der Waals surface area contributed by atoms with Crippen LogP contribution in [0.3, 0.4) is 0 Å². The molecule has 1 aromatic heterocycles. The van der Waals surface area contributed by atoms with Crippen LogP contribution in [0.25, 0.3) is 0 Å². The minimum Gasteiger partial charge on any atom is -0.454 e. The van der Waals surface area contributed by atoms with Gasteiger partial charge < -0.3 is 19.7 Å². The smallest absolute Gasteiger partial charge is 0.231 e. The van der Waals surface area contributed by atoms with Gasteiger partial charge in [-0.15, -0.1) is 0 Å². The Bertz CT molecular complexity index is 737. The zero-order valence-electron chi connectivity index (χ0n) is 14.6. The van der Waals surface area contributed by atoms with Crippen molar-refractivity contribution in [2.24, 2.45) is 0 Å². The Balaban J connectivity index is 1.44. The zero-order valence-corrected chi connectivity index (χ0v) is 14.6. The zero-order chi connectivity index (χ0) is 17.1. The SMILES string of the molecule is CCC1CCCCN1c1ccnc(NCc2ccc3c(c2)OCO3)n1. The third kappa shape index (κ3) is 3.48. The molecule has 0 saturated carbocycles. The van der Waals surface area contributed by atoms with Crippen LogP contribution in [0.1, 0.15) is 38.2 Å². The van der Waals surface area contributed by atoms with Gasteiger partial charge in [-0.25, -0.2) is 4.98 Å². The van der Waals surface area contributed by atoms with E-state index in [0.29, 0.717) is 25.3 Å². The summed E-state index contributed by atoms with van der Waals surface area (Å²) in [4.78, 5) is 11.5. The number of fused-ring (bicyclic) bond motifs is 1. The fourth-order valence-electron chi connectivity index (χ4n) is 3.55. The van der Waals surface area contributed by atoms with Gasteiger partial charge in [0.25, 0.3) is 0 Å². The molecule has 1 unspecified atom stereocenters. The second-order valence-corrected chi connectivity index (χ2v) is 6.53. The maximum Gasteiger partial charge on any atom is 0.231 e. The van der Waals surface area contributed by atoms with Crippen molar-refractivity contribution < 1.29 is 9.47 Å². The van der Waals surface area contributed by atoms with Gasteiger partial charge in [0.2, 0.25) is 12.7 Å². The number of rotatable bonds is 5. The van der Waals surface area contributed by atoms with Crippen LogP contribution < -0.4 is 19.7 Å². The molecule has 2 aliphatic rings. The van der Waals surface area contributed by atoms with E-state index in [1.165, 1.54) is 19.3 Å². The molecule has 0 spiro atoms. The van der Waals surface area contributed by atoms with E-state index in [9.17, 15) is 0 Å². The summed E-state index contributed by atoms with van der Waals surface area (Å²) >= 11 is 0. The van der Waals surface area contributed by atoms with E-state index in [4.69, 9.17) is 14.5 Å². The second-order valence-electron chi connectivity index (χ2n) is 6.53. The Hall–Kier alpha value is -2.50. The first-order valence-electron chi connectivity index (χ1n) is 9.05. The van der Waals surface area contributed by atoms with Crippen molar-refractivity contribution in [2.45, 2.75) is 45.2 Å². The number of hydrogen-bond acceptors (Lipinski definition) is 6. The number of anilines is 2. The van der Waals surface area contributed by atoms with Crippen LogP contribution >= 0.6 is 0 Å². The van der Waals surface area contributed by atoms with E-state index in [0.717, 1.165) is 35.8 Å². The second kappa shape index (κ2) is 7.17. The van der Waals surface area contributed by atoms with Gasteiger partial charge in [-0.1, -0.05) is 13.0 Å². The molecule has 0 bridgehead atoms. The van der Waals surface area contributed by atoms with Gasteiger partial charge in [0.05, 0.1) is 0 Å². The van der Waals surface area contributed by atoms with Crippen LogP contribution in [0, 0.1) is 0 Å².